The van der Waals surface area contributed by atoms with E-state index in [0.717, 1.165) is 43.7 Å². The lowest BCUT2D eigenvalue weighted by atomic mass is 9.89. The van der Waals surface area contributed by atoms with Gasteiger partial charge >= 0.3 is 6.03 Å². The summed E-state index contributed by atoms with van der Waals surface area (Å²) in [4.78, 5) is 14.8. The Hall–Kier alpha value is -1.64. The highest BCUT2D eigenvalue weighted by Gasteiger charge is 2.37. The van der Waals surface area contributed by atoms with Crippen LogP contribution < -0.4 is 10.0 Å². The number of amides is 2. The second kappa shape index (κ2) is 10.6. The molecule has 168 valence electrons. The molecule has 0 spiro atoms. The fourth-order valence-electron chi connectivity index (χ4n) is 4.31. The van der Waals surface area contributed by atoms with E-state index in [1.807, 2.05) is 30.3 Å². The highest BCUT2D eigenvalue weighted by Crippen LogP contribution is 2.27. The van der Waals surface area contributed by atoms with Gasteiger partial charge in [-0.2, -0.15) is 0 Å². The van der Waals surface area contributed by atoms with Gasteiger partial charge in [0, 0.05) is 18.3 Å². The molecule has 1 aromatic carbocycles. The minimum Gasteiger partial charge on any atom is -0.376 e. The SMILES string of the molecule is CCS(=O)(=O)N[C@H]1CCCN(C(=O)Nc2ccccc2)[C@H]1CO[C@H]1CC[C@@H](C)CC1. The number of nitrogens with one attached hydrogen (secondary N) is 2. The number of likely N-dealkylation sites (tertiary alicyclic amines) is 1. The molecule has 1 aliphatic carbocycles. The number of carbonyl (C=O) groups excluding carboxylic acids is 1. The van der Waals surface area contributed by atoms with Crippen molar-refractivity contribution >= 4 is 21.7 Å². The van der Waals surface area contributed by atoms with Gasteiger partial charge in [-0.25, -0.2) is 17.9 Å². The van der Waals surface area contributed by atoms with Gasteiger partial charge in [0.05, 0.1) is 24.5 Å². The Morgan fingerprint density at radius 2 is 1.83 bits per heavy atom. The van der Waals surface area contributed by atoms with Crippen molar-refractivity contribution in [2.75, 3.05) is 24.2 Å². The van der Waals surface area contributed by atoms with Crippen LogP contribution in [0.3, 0.4) is 0 Å². The van der Waals surface area contributed by atoms with Crippen molar-refractivity contribution < 1.29 is 17.9 Å². The summed E-state index contributed by atoms with van der Waals surface area (Å²) in [5, 5.41) is 2.94. The van der Waals surface area contributed by atoms with E-state index in [1.165, 1.54) is 0 Å². The van der Waals surface area contributed by atoms with Gasteiger partial charge in [0.2, 0.25) is 10.0 Å². The van der Waals surface area contributed by atoms with Crippen LogP contribution in [0.5, 0.6) is 0 Å². The van der Waals surface area contributed by atoms with E-state index in [-0.39, 0.29) is 30.0 Å². The highest BCUT2D eigenvalue weighted by atomic mass is 32.2. The predicted octanol–water partition coefficient (Wildman–Crippen LogP) is 3.59. The lowest BCUT2D eigenvalue weighted by Gasteiger charge is -2.42. The number of ether oxygens (including phenoxy) is 1. The van der Waals surface area contributed by atoms with E-state index in [0.29, 0.717) is 19.6 Å². The first kappa shape index (κ1) is 23.0. The molecule has 0 unspecified atom stereocenters. The number of benzene rings is 1. The standard InChI is InChI=1S/C22H35N3O4S/c1-3-30(27,28)24-20-10-7-15-25(22(26)23-18-8-5-4-6-9-18)21(20)16-29-19-13-11-17(2)12-14-19/h4-6,8-9,17,19-21,24H,3,7,10-16H2,1-2H3,(H,23,26)/t17-,19+,20-,21-/m0/s1. The van der Waals surface area contributed by atoms with Crippen LogP contribution in [0, 0.1) is 5.92 Å². The molecular formula is C22H35N3O4S. The number of urea groups is 1. The van der Waals surface area contributed by atoms with Crippen LogP contribution in [0.25, 0.3) is 0 Å². The molecule has 1 aliphatic heterocycles. The normalized spacial score (nSPS) is 27.6. The average Bonchev–Trinajstić information content (AvgIpc) is 2.74. The number of hydrogen-bond donors (Lipinski definition) is 2. The Balaban J connectivity index is 1.71. The van der Waals surface area contributed by atoms with Crippen molar-refractivity contribution in [3.63, 3.8) is 0 Å². The third-order valence-corrected chi connectivity index (χ3v) is 7.66. The Bertz CT molecular complexity index is 779. The summed E-state index contributed by atoms with van der Waals surface area (Å²) in [7, 11) is -3.37. The van der Waals surface area contributed by atoms with Crippen LogP contribution in [0.1, 0.15) is 52.4 Å². The summed E-state index contributed by atoms with van der Waals surface area (Å²) in [5.74, 6) is 0.755. The quantitative estimate of drug-likeness (QED) is 0.682. The monoisotopic (exact) mass is 437 g/mol. The molecule has 1 saturated carbocycles. The van der Waals surface area contributed by atoms with E-state index in [9.17, 15) is 13.2 Å². The fraction of sp³-hybridized carbons (Fsp3) is 0.682. The summed E-state index contributed by atoms with van der Waals surface area (Å²) in [6.45, 7) is 4.82. The topological polar surface area (TPSA) is 87.7 Å². The minimum atomic E-state index is -3.37. The lowest BCUT2D eigenvalue weighted by Crippen LogP contribution is -2.60. The van der Waals surface area contributed by atoms with E-state index in [2.05, 4.69) is 17.0 Å². The van der Waals surface area contributed by atoms with Crippen LogP contribution in [0.4, 0.5) is 10.5 Å². The zero-order valence-corrected chi connectivity index (χ0v) is 18.9. The molecular weight excluding hydrogens is 402 g/mol. The molecule has 0 aromatic heterocycles. The number of carbonyl (C=O) groups is 1. The van der Waals surface area contributed by atoms with Crippen LogP contribution in [-0.2, 0) is 14.8 Å². The molecule has 2 aliphatic rings. The van der Waals surface area contributed by atoms with Gasteiger partial charge in [-0.15, -0.1) is 0 Å². The summed E-state index contributed by atoms with van der Waals surface area (Å²) < 4.78 is 33.5. The number of piperidine rings is 1. The zero-order chi connectivity index (χ0) is 21.6. The van der Waals surface area contributed by atoms with Gasteiger partial charge in [0.25, 0.3) is 0 Å². The lowest BCUT2D eigenvalue weighted by molar-refractivity contribution is -0.0191. The third-order valence-electron chi connectivity index (χ3n) is 6.24. The van der Waals surface area contributed by atoms with Crippen molar-refractivity contribution in [1.82, 2.24) is 9.62 Å². The van der Waals surface area contributed by atoms with E-state index in [4.69, 9.17) is 4.74 Å². The molecule has 2 N–H and O–H groups in total. The average molecular weight is 438 g/mol. The molecule has 0 bridgehead atoms. The maximum absolute atomic E-state index is 13.0. The first-order chi connectivity index (χ1) is 14.4. The van der Waals surface area contributed by atoms with Crippen molar-refractivity contribution in [3.8, 4) is 0 Å². The van der Waals surface area contributed by atoms with Crippen LogP contribution in [0.2, 0.25) is 0 Å². The molecule has 1 heterocycles. The Labute approximate surface area is 180 Å². The summed E-state index contributed by atoms with van der Waals surface area (Å²) in [5.41, 5.74) is 0.722. The number of sulfonamides is 1. The highest BCUT2D eigenvalue weighted by molar-refractivity contribution is 7.89. The minimum absolute atomic E-state index is 0.0216. The van der Waals surface area contributed by atoms with Gasteiger partial charge in [-0.05, 0) is 63.5 Å². The maximum Gasteiger partial charge on any atom is 0.322 e. The second-order valence-corrected chi connectivity index (χ2v) is 10.6. The molecule has 30 heavy (non-hydrogen) atoms. The molecule has 1 saturated heterocycles. The van der Waals surface area contributed by atoms with Crippen molar-refractivity contribution in [3.05, 3.63) is 30.3 Å². The molecule has 2 fully saturated rings. The summed E-state index contributed by atoms with van der Waals surface area (Å²) in [6.07, 6.45) is 5.98. The molecule has 2 atom stereocenters. The number of para-hydroxylation sites is 1. The van der Waals surface area contributed by atoms with Gasteiger partial charge in [0.15, 0.2) is 0 Å². The molecule has 2 amide bonds. The first-order valence-electron chi connectivity index (χ1n) is 11.1. The maximum atomic E-state index is 13.0. The predicted molar refractivity (Wildman–Crippen MR) is 119 cm³/mol. The smallest absolute Gasteiger partial charge is 0.322 e. The molecule has 8 heteroatoms. The fourth-order valence-corrected chi connectivity index (χ4v) is 5.22. The Morgan fingerprint density at radius 3 is 2.50 bits per heavy atom. The third kappa shape index (κ3) is 6.43. The Kier molecular flexibility index (Phi) is 8.13. The van der Waals surface area contributed by atoms with E-state index < -0.39 is 10.0 Å². The van der Waals surface area contributed by atoms with Crippen LogP contribution in [0.15, 0.2) is 30.3 Å². The molecule has 7 nitrogen and oxygen atoms in total. The first-order valence-corrected chi connectivity index (χ1v) is 12.8. The van der Waals surface area contributed by atoms with Gasteiger partial charge in [0.1, 0.15) is 0 Å². The number of nitrogens with zero attached hydrogens (tertiary/aromatic N) is 1. The molecule has 3 rings (SSSR count). The van der Waals surface area contributed by atoms with Gasteiger partial charge in [-0.3, -0.25) is 0 Å². The summed E-state index contributed by atoms with van der Waals surface area (Å²) >= 11 is 0. The van der Waals surface area contributed by atoms with E-state index in [1.54, 1.807) is 11.8 Å². The number of rotatable bonds is 7. The zero-order valence-electron chi connectivity index (χ0n) is 18.0. The van der Waals surface area contributed by atoms with Crippen molar-refractivity contribution in [2.45, 2.75) is 70.6 Å². The number of hydrogen-bond acceptors (Lipinski definition) is 4. The molecule has 0 radical (unpaired) electrons. The van der Waals surface area contributed by atoms with Crippen LogP contribution in [-0.4, -0.2) is 56.4 Å². The Morgan fingerprint density at radius 1 is 1.13 bits per heavy atom. The van der Waals surface area contributed by atoms with Gasteiger partial charge < -0.3 is 15.0 Å². The van der Waals surface area contributed by atoms with Crippen molar-refractivity contribution in [2.24, 2.45) is 5.92 Å². The van der Waals surface area contributed by atoms with Crippen molar-refractivity contribution in [1.29, 1.82) is 0 Å². The van der Waals surface area contributed by atoms with Gasteiger partial charge in [-0.1, -0.05) is 25.1 Å². The summed E-state index contributed by atoms with van der Waals surface area (Å²) in [6, 6.07) is 8.43. The second-order valence-electron chi connectivity index (χ2n) is 8.54. The molecule has 1 aromatic rings. The van der Waals surface area contributed by atoms with E-state index >= 15 is 0 Å². The number of anilines is 1. The largest absolute Gasteiger partial charge is 0.376 e. The van der Waals surface area contributed by atoms with Crippen LogP contribution >= 0.6 is 0 Å².